The van der Waals surface area contributed by atoms with Gasteiger partial charge in [-0.2, -0.15) is 0 Å². The van der Waals surface area contributed by atoms with Crippen molar-refractivity contribution in [1.82, 2.24) is 4.98 Å². The second kappa shape index (κ2) is 8.63. The summed E-state index contributed by atoms with van der Waals surface area (Å²) in [4.78, 5) is 16.8. The van der Waals surface area contributed by atoms with Gasteiger partial charge in [0, 0.05) is 16.3 Å². The lowest BCUT2D eigenvalue weighted by atomic mass is 10.1. The van der Waals surface area contributed by atoms with Crippen molar-refractivity contribution in [1.29, 1.82) is 0 Å². The Morgan fingerprint density at radius 2 is 1.75 bits per heavy atom. The normalized spacial score (nSPS) is 10.3. The topological polar surface area (TPSA) is 72.5 Å². The van der Waals surface area contributed by atoms with Crippen molar-refractivity contribution < 1.29 is 14.3 Å². The fourth-order valence-corrected chi connectivity index (χ4v) is 2.89. The van der Waals surface area contributed by atoms with Crippen LogP contribution in [0.15, 0.2) is 54.6 Å². The number of hydrogen-bond donors (Lipinski definition) is 2. The molecule has 0 aliphatic heterocycles. The molecular formula is C21H20ClN3O3. The first-order chi connectivity index (χ1) is 13.5. The lowest BCUT2D eigenvalue weighted by molar-refractivity contribution is 0.262. The molecule has 2 aromatic carbocycles. The summed E-state index contributed by atoms with van der Waals surface area (Å²) in [6.07, 6.45) is 0. The second-order valence-electron chi connectivity index (χ2n) is 5.99. The number of aryl methyl sites for hydroxylation is 1. The monoisotopic (exact) mass is 397 g/mol. The summed E-state index contributed by atoms with van der Waals surface area (Å²) in [7, 11) is 3.18. The van der Waals surface area contributed by atoms with E-state index in [4.69, 9.17) is 21.1 Å². The second-order valence-corrected chi connectivity index (χ2v) is 6.43. The number of methoxy groups -OCH3 is 2. The third kappa shape index (κ3) is 4.53. The average Bonchev–Trinajstić information content (AvgIpc) is 2.69. The lowest BCUT2D eigenvalue weighted by Gasteiger charge is -2.12. The van der Waals surface area contributed by atoms with Crippen LogP contribution in [0.4, 0.5) is 16.2 Å². The molecule has 0 radical (unpaired) electrons. The van der Waals surface area contributed by atoms with Crippen molar-refractivity contribution >= 4 is 29.0 Å². The van der Waals surface area contributed by atoms with Crippen LogP contribution in [0.1, 0.15) is 5.69 Å². The maximum absolute atomic E-state index is 12.2. The maximum atomic E-state index is 12.2. The lowest BCUT2D eigenvalue weighted by Crippen LogP contribution is -2.20. The number of pyridine rings is 1. The van der Waals surface area contributed by atoms with Crippen LogP contribution in [0.3, 0.4) is 0 Å². The first-order valence-corrected chi connectivity index (χ1v) is 8.91. The summed E-state index contributed by atoms with van der Waals surface area (Å²) in [5.74, 6) is 1.28. The van der Waals surface area contributed by atoms with E-state index in [1.54, 1.807) is 38.5 Å². The van der Waals surface area contributed by atoms with Crippen molar-refractivity contribution in [3.63, 3.8) is 0 Å². The highest BCUT2D eigenvalue weighted by atomic mass is 35.5. The zero-order chi connectivity index (χ0) is 20.1. The molecule has 0 aliphatic carbocycles. The Kier molecular flexibility index (Phi) is 6.01. The number of urea groups is 1. The SMILES string of the molecule is COc1ccc(-c2ccc(NC(=O)Nc3cccc(Cl)c3)c(C)n2)cc1OC. The predicted molar refractivity (Wildman–Crippen MR) is 112 cm³/mol. The minimum atomic E-state index is -0.369. The van der Waals surface area contributed by atoms with Crippen LogP contribution >= 0.6 is 11.6 Å². The van der Waals surface area contributed by atoms with Crippen LogP contribution < -0.4 is 20.1 Å². The van der Waals surface area contributed by atoms with Crippen LogP contribution in [0.2, 0.25) is 5.02 Å². The molecule has 7 heteroatoms. The summed E-state index contributed by atoms with van der Waals surface area (Å²) in [6.45, 7) is 1.83. The number of aromatic nitrogens is 1. The Hall–Kier alpha value is -3.25. The number of nitrogens with one attached hydrogen (secondary N) is 2. The van der Waals surface area contributed by atoms with Gasteiger partial charge in [-0.25, -0.2) is 4.79 Å². The molecule has 144 valence electrons. The molecule has 3 rings (SSSR count). The molecule has 1 aromatic heterocycles. The first-order valence-electron chi connectivity index (χ1n) is 8.54. The Morgan fingerprint density at radius 1 is 0.964 bits per heavy atom. The highest BCUT2D eigenvalue weighted by Crippen LogP contribution is 2.32. The Balaban J connectivity index is 1.76. The van der Waals surface area contributed by atoms with E-state index in [1.807, 2.05) is 37.3 Å². The number of rotatable bonds is 5. The van der Waals surface area contributed by atoms with Gasteiger partial charge in [0.2, 0.25) is 0 Å². The highest BCUT2D eigenvalue weighted by molar-refractivity contribution is 6.30. The molecule has 6 nitrogen and oxygen atoms in total. The molecule has 0 fully saturated rings. The van der Waals surface area contributed by atoms with Crippen LogP contribution in [0, 0.1) is 6.92 Å². The molecule has 3 aromatic rings. The fourth-order valence-electron chi connectivity index (χ4n) is 2.70. The quantitative estimate of drug-likeness (QED) is 0.606. The van der Waals surface area contributed by atoms with E-state index in [2.05, 4.69) is 15.6 Å². The number of carbonyl (C=O) groups excluding carboxylic acids is 1. The number of anilines is 2. The van der Waals surface area contributed by atoms with Crippen LogP contribution in [0.5, 0.6) is 11.5 Å². The standard InChI is InChI=1S/C21H20ClN3O3/c1-13-17(25-21(26)24-16-6-4-5-15(22)12-16)8-9-18(23-13)14-7-10-19(27-2)20(11-14)28-3/h4-12H,1-3H3,(H2,24,25,26). The van der Waals surface area contributed by atoms with Gasteiger partial charge in [0.25, 0.3) is 0 Å². The number of carbonyl (C=O) groups is 1. The zero-order valence-electron chi connectivity index (χ0n) is 15.7. The van der Waals surface area contributed by atoms with Crippen molar-refractivity contribution in [2.24, 2.45) is 0 Å². The van der Waals surface area contributed by atoms with Gasteiger partial charge in [-0.05, 0) is 55.5 Å². The first kappa shape index (κ1) is 19.5. The molecule has 0 atom stereocenters. The van der Waals surface area contributed by atoms with Crippen molar-refractivity contribution in [2.45, 2.75) is 6.92 Å². The van der Waals surface area contributed by atoms with Crippen LogP contribution in [-0.2, 0) is 0 Å². The smallest absolute Gasteiger partial charge is 0.323 e. The summed E-state index contributed by atoms with van der Waals surface area (Å²) in [6, 6.07) is 15.8. The van der Waals surface area contributed by atoms with Gasteiger partial charge >= 0.3 is 6.03 Å². The predicted octanol–water partition coefficient (Wildman–Crippen LogP) is 5.37. The van der Waals surface area contributed by atoms with Gasteiger partial charge in [-0.15, -0.1) is 0 Å². The maximum Gasteiger partial charge on any atom is 0.323 e. The van der Waals surface area contributed by atoms with E-state index in [0.29, 0.717) is 33.6 Å². The fraction of sp³-hybridized carbons (Fsp3) is 0.143. The van der Waals surface area contributed by atoms with Gasteiger partial charge in [-0.3, -0.25) is 4.98 Å². The molecule has 0 saturated heterocycles. The van der Waals surface area contributed by atoms with Gasteiger partial charge in [0.05, 0.1) is 31.3 Å². The Bertz CT molecular complexity index is 1010. The summed E-state index contributed by atoms with van der Waals surface area (Å²) in [5, 5.41) is 6.09. The molecule has 0 aliphatic rings. The third-order valence-corrected chi connectivity index (χ3v) is 4.33. The van der Waals surface area contributed by atoms with Crippen molar-refractivity contribution in [3.8, 4) is 22.8 Å². The molecule has 1 heterocycles. The minimum Gasteiger partial charge on any atom is -0.493 e. The van der Waals surface area contributed by atoms with E-state index in [0.717, 1.165) is 11.3 Å². The van der Waals surface area contributed by atoms with Crippen molar-refractivity contribution in [2.75, 3.05) is 24.9 Å². The molecule has 28 heavy (non-hydrogen) atoms. The van der Waals surface area contributed by atoms with Gasteiger partial charge in [0.15, 0.2) is 11.5 Å². The van der Waals surface area contributed by atoms with E-state index in [9.17, 15) is 4.79 Å². The number of nitrogens with zero attached hydrogens (tertiary/aromatic N) is 1. The van der Waals surface area contributed by atoms with E-state index in [1.165, 1.54) is 0 Å². The third-order valence-electron chi connectivity index (χ3n) is 4.10. The molecular weight excluding hydrogens is 378 g/mol. The summed E-state index contributed by atoms with van der Waals surface area (Å²) >= 11 is 5.93. The Labute approximate surface area is 168 Å². The molecule has 2 N–H and O–H groups in total. The summed E-state index contributed by atoms with van der Waals surface area (Å²) in [5.41, 5.74) is 3.56. The van der Waals surface area contributed by atoms with E-state index in [-0.39, 0.29) is 6.03 Å². The van der Waals surface area contributed by atoms with Gasteiger partial charge in [-0.1, -0.05) is 17.7 Å². The largest absolute Gasteiger partial charge is 0.493 e. The number of benzene rings is 2. The molecule has 0 saturated carbocycles. The molecule has 0 spiro atoms. The van der Waals surface area contributed by atoms with Gasteiger partial charge < -0.3 is 20.1 Å². The molecule has 0 bridgehead atoms. The molecule has 0 unspecified atom stereocenters. The average molecular weight is 398 g/mol. The number of ether oxygens (including phenoxy) is 2. The van der Waals surface area contributed by atoms with E-state index >= 15 is 0 Å². The Morgan fingerprint density at radius 3 is 2.43 bits per heavy atom. The van der Waals surface area contributed by atoms with Crippen LogP contribution in [-0.4, -0.2) is 25.2 Å². The minimum absolute atomic E-state index is 0.369. The highest BCUT2D eigenvalue weighted by Gasteiger charge is 2.10. The number of amides is 2. The number of hydrogen-bond acceptors (Lipinski definition) is 4. The zero-order valence-corrected chi connectivity index (χ0v) is 16.5. The van der Waals surface area contributed by atoms with E-state index < -0.39 is 0 Å². The van der Waals surface area contributed by atoms with Crippen molar-refractivity contribution in [3.05, 3.63) is 65.3 Å². The van der Waals surface area contributed by atoms with Gasteiger partial charge in [0.1, 0.15) is 0 Å². The van der Waals surface area contributed by atoms with Crippen LogP contribution in [0.25, 0.3) is 11.3 Å². The molecule has 2 amide bonds. The summed E-state index contributed by atoms with van der Waals surface area (Å²) < 4.78 is 10.6. The number of halogens is 1.